The minimum atomic E-state index is -0.434. The molecule has 1 aromatic heterocycles. The molecule has 1 aromatic carbocycles. The van der Waals surface area contributed by atoms with Gasteiger partial charge in [-0.1, -0.05) is 30.5 Å². The zero-order valence-corrected chi connectivity index (χ0v) is 15.8. The molecule has 1 aliphatic carbocycles. The standard InChI is InChI=1S/C21H23ClN2O3/c22-17-6-3-5-16(10-17)21(26)24-18-7-2-1-4-15(18)11-19(24)20(25)23-12-14-8-9-27-13-14/h3,5-6,8-10,13,15,18-19H,1-2,4,7,11-12H2,(H,23,25). The third-order valence-corrected chi connectivity index (χ3v) is 5.98. The Morgan fingerprint density at radius 3 is 2.85 bits per heavy atom. The van der Waals surface area contributed by atoms with E-state index < -0.39 is 6.04 Å². The van der Waals surface area contributed by atoms with Crippen molar-refractivity contribution in [3.05, 3.63) is 59.0 Å². The van der Waals surface area contributed by atoms with Gasteiger partial charge >= 0.3 is 0 Å². The lowest BCUT2D eigenvalue weighted by Crippen LogP contribution is -2.49. The van der Waals surface area contributed by atoms with Gasteiger partial charge in [0.15, 0.2) is 0 Å². The van der Waals surface area contributed by atoms with Crippen LogP contribution in [0, 0.1) is 5.92 Å². The molecule has 0 bridgehead atoms. The van der Waals surface area contributed by atoms with E-state index in [1.54, 1.807) is 36.8 Å². The third kappa shape index (κ3) is 3.74. The van der Waals surface area contributed by atoms with Crippen LogP contribution in [0.1, 0.15) is 48.0 Å². The number of carbonyl (C=O) groups is 2. The van der Waals surface area contributed by atoms with E-state index in [0.717, 1.165) is 31.2 Å². The van der Waals surface area contributed by atoms with Crippen LogP contribution in [0.5, 0.6) is 0 Å². The first kappa shape index (κ1) is 18.1. The van der Waals surface area contributed by atoms with E-state index in [2.05, 4.69) is 5.32 Å². The summed E-state index contributed by atoms with van der Waals surface area (Å²) in [5, 5.41) is 3.49. The molecule has 1 saturated carbocycles. The highest BCUT2D eigenvalue weighted by atomic mass is 35.5. The van der Waals surface area contributed by atoms with Crippen molar-refractivity contribution in [3.8, 4) is 0 Å². The number of nitrogens with one attached hydrogen (secondary N) is 1. The highest BCUT2D eigenvalue weighted by molar-refractivity contribution is 6.31. The Hall–Kier alpha value is -2.27. The molecule has 2 heterocycles. The van der Waals surface area contributed by atoms with E-state index in [9.17, 15) is 9.59 Å². The van der Waals surface area contributed by atoms with Crippen molar-refractivity contribution in [1.29, 1.82) is 0 Å². The van der Waals surface area contributed by atoms with Crippen LogP contribution in [0.25, 0.3) is 0 Å². The predicted molar refractivity (Wildman–Crippen MR) is 102 cm³/mol. The van der Waals surface area contributed by atoms with Crippen LogP contribution in [0.2, 0.25) is 5.02 Å². The number of likely N-dealkylation sites (tertiary alicyclic amines) is 1. The summed E-state index contributed by atoms with van der Waals surface area (Å²) in [4.78, 5) is 28.0. The fraction of sp³-hybridized carbons (Fsp3) is 0.429. The van der Waals surface area contributed by atoms with Gasteiger partial charge in [-0.3, -0.25) is 9.59 Å². The molecule has 1 saturated heterocycles. The van der Waals surface area contributed by atoms with E-state index in [1.165, 1.54) is 6.42 Å². The molecule has 2 amide bonds. The molecule has 0 spiro atoms. The number of furan rings is 1. The number of hydrogen-bond acceptors (Lipinski definition) is 3. The lowest BCUT2D eigenvalue weighted by molar-refractivity contribution is -0.125. The van der Waals surface area contributed by atoms with Crippen molar-refractivity contribution >= 4 is 23.4 Å². The van der Waals surface area contributed by atoms with Crippen molar-refractivity contribution in [2.45, 2.75) is 50.7 Å². The van der Waals surface area contributed by atoms with Gasteiger partial charge < -0.3 is 14.6 Å². The molecule has 4 rings (SSSR count). The summed E-state index contributed by atoms with van der Waals surface area (Å²) >= 11 is 6.08. The maximum Gasteiger partial charge on any atom is 0.254 e. The zero-order valence-electron chi connectivity index (χ0n) is 15.1. The van der Waals surface area contributed by atoms with Crippen LogP contribution < -0.4 is 5.32 Å². The molecule has 27 heavy (non-hydrogen) atoms. The SMILES string of the molecule is O=C(NCc1ccoc1)C1CC2CCCCC2N1C(=O)c1cccc(Cl)c1. The van der Waals surface area contributed by atoms with E-state index in [-0.39, 0.29) is 17.9 Å². The average Bonchev–Trinajstić information content (AvgIpc) is 3.33. The predicted octanol–water partition coefficient (Wildman–Crippen LogP) is 4.02. The summed E-state index contributed by atoms with van der Waals surface area (Å²) in [5.41, 5.74) is 1.45. The number of halogens is 1. The first-order valence-electron chi connectivity index (χ1n) is 9.50. The lowest BCUT2D eigenvalue weighted by atomic mass is 9.84. The van der Waals surface area contributed by atoms with Crippen LogP contribution in [0.4, 0.5) is 0 Å². The minimum absolute atomic E-state index is 0.0963. The normalized spacial score (nSPS) is 24.5. The third-order valence-electron chi connectivity index (χ3n) is 5.74. The van der Waals surface area contributed by atoms with Crippen LogP contribution in [0.15, 0.2) is 47.3 Å². The second-order valence-corrected chi connectivity index (χ2v) is 7.87. The van der Waals surface area contributed by atoms with Gasteiger partial charge in [0.2, 0.25) is 5.91 Å². The number of benzene rings is 1. The molecular formula is C21H23ClN2O3. The number of hydrogen-bond donors (Lipinski definition) is 1. The Balaban J connectivity index is 1.56. The Kier molecular flexibility index (Phi) is 5.21. The first-order valence-corrected chi connectivity index (χ1v) is 9.88. The van der Waals surface area contributed by atoms with Crippen molar-refractivity contribution < 1.29 is 14.0 Å². The summed E-state index contributed by atoms with van der Waals surface area (Å²) < 4.78 is 5.05. The first-order chi connectivity index (χ1) is 13.1. The highest BCUT2D eigenvalue weighted by Gasteiger charge is 2.47. The van der Waals surface area contributed by atoms with Gasteiger partial charge in [0.05, 0.1) is 12.5 Å². The van der Waals surface area contributed by atoms with Crippen LogP contribution in [-0.2, 0) is 11.3 Å². The highest BCUT2D eigenvalue weighted by Crippen LogP contribution is 2.40. The van der Waals surface area contributed by atoms with Gasteiger partial charge in [0, 0.05) is 28.7 Å². The maximum absolute atomic E-state index is 13.3. The van der Waals surface area contributed by atoms with Gasteiger partial charge in [0.25, 0.3) is 5.91 Å². The average molecular weight is 387 g/mol. The van der Waals surface area contributed by atoms with Crippen LogP contribution in [0.3, 0.4) is 0 Å². The Bertz CT molecular complexity index is 821. The summed E-state index contributed by atoms with van der Waals surface area (Å²) in [6.45, 7) is 0.403. The number of fused-ring (bicyclic) bond motifs is 1. The molecule has 0 radical (unpaired) electrons. The van der Waals surface area contributed by atoms with E-state index in [4.69, 9.17) is 16.0 Å². The summed E-state index contributed by atoms with van der Waals surface area (Å²) in [5.74, 6) is 0.197. The smallest absolute Gasteiger partial charge is 0.254 e. The fourth-order valence-electron chi connectivity index (χ4n) is 4.46. The second kappa shape index (κ2) is 7.77. The molecule has 2 aliphatic rings. The number of amides is 2. The molecule has 1 aliphatic heterocycles. The number of carbonyl (C=O) groups excluding carboxylic acids is 2. The van der Waals surface area contributed by atoms with Crippen molar-refractivity contribution in [1.82, 2.24) is 10.2 Å². The quantitative estimate of drug-likeness (QED) is 0.863. The molecule has 6 heteroatoms. The topological polar surface area (TPSA) is 62.6 Å². The minimum Gasteiger partial charge on any atom is -0.472 e. The Morgan fingerprint density at radius 2 is 2.07 bits per heavy atom. The van der Waals surface area contributed by atoms with Gasteiger partial charge in [-0.2, -0.15) is 0 Å². The molecule has 3 unspecified atom stereocenters. The van der Waals surface area contributed by atoms with E-state index >= 15 is 0 Å². The van der Waals surface area contributed by atoms with Gasteiger partial charge in [-0.15, -0.1) is 0 Å². The largest absolute Gasteiger partial charge is 0.472 e. The monoisotopic (exact) mass is 386 g/mol. The Labute approximate surface area is 163 Å². The summed E-state index contributed by atoms with van der Waals surface area (Å²) in [6.07, 6.45) is 8.24. The molecule has 3 atom stereocenters. The maximum atomic E-state index is 13.3. The van der Waals surface area contributed by atoms with Crippen molar-refractivity contribution in [2.24, 2.45) is 5.92 Å². The fourth-order valence-corrected chi connectivity index (χ4v) is 4.65. The van der Waals surface area contributed by atoms with Crippen LogP contribution in [-0.4, -0.2) is 28.8 Å². The number of rotatable bonds is 4. The summed E-state index contributed by atoms with van der Waals surface area (Å²) in [7, 11) is 0. The molecular weight excluding hydrogens is 364 g/mol. The Morgan fingerprint density at radius 1 is 1.22 bits per heavy atom. The molecule has 2 fully saturated rings. The summed E-state index contributed by atoms with van der Waals surface area (Å²) in [6, 6.07) is 8.50. The van der Waals surface area contributed by atoms with Crippen molar-refractivity contribution in [2.75, 3.05) is 0 Å². The van der Waals surface area contributed by atoms with Crippen molar-refractivity contribution in [3.63, 3.8) is 0 Å². The van der Waals surface area contributed by atoms with E-state index in [0.29, 0.717) is 23.0 Å². The lowest BCUT2D eigenvalue weighted by Gasteiger charge is -2.33. The van der Waals surface area contributed by atoms with E-state index in [1.807, 2.05) is 11.0 Å². The van der Waals surface area contributed by atoms with Crippen LogP contribution >= 0.6 is 11.6 Å². The zero-order chi connectivity index (χ0) is 18.8. The second-order valence-electron chi connectivity index (χ2n) is 7.44. The van der Waals surface area contributed by atoms with Gasteiger partial charge in [-0.25, -0.2) is 0 Å². The van der Waals surface area contributed by atoms with Gasteiger partial charge in [0.1, 0.15) is 6.04 Å². The van der Waals surface area contributed by atoms with Gasteiger partial charge in [-0.05, 0) is 49.4 Å². The molecule has 5 nitrogen and oxygen atoms in total. The number of nitrogens with zero attached hydrogens (tertiary/aromatic N) is 1. The molecule has 2 aromatic rings. The molecule has 1 N–H and O–H groups in total. The molecule has 142 valence electrons.